The van der Waals surface area contributed by atoms with Crippen LogP contribution < -0.4 is 5.32 Å². The number of carbonyl (C=O) groups is 1. The highest BCUT2D eigenvalue weighted by molar-refractivity contribution is 6.31. The van der Waals surface area contributed by atoms with Crippen molar-refractivity contribution in [2.24, 2.45) is 0 Å². The van der Waals surface area contributed by atoms with Crippen LogP contribution in [0.25, 0.3) is 0 Å². The molecule has 0 aliphatic carbocycles. The smallest absolute Gasteiger partial charge is 0.283 e. The van der Waals surface area contributed by atoms with E-state index in [1.807, 2.05) is 13.8 Å². The van der Waals surface area contributed by atoms with Crippen molar-refractivity contribution in [1.82, 2.24) is 10.2 Å². The van der Waals surface area contributed by atoms with E-state index in [0.717, 1.165) is 0 Å². The Bertz CT molecular complexity index is 560. The molecule has 1 fully saturated rings. The van der Waals surface area contributed by atoms with Crippen LogP contribution in [0.15, 0.2) is 18.2 Å². The fraction of sp³-hybridized carbons (Fsp3) is 0.462. The lowest BCUT2D eigenvalue weighted by Gasteiger charge is -2.39. The molecule has 7 heteroatoms. The summed E-state index contributed by atoms with van der Waals surface area (Å²) in [5, 5.41) is 14.6. The van der Waals surface area contributed by atoms with Crippen molar-refractivity contribution < 1.29 is 9.72 Å². The first-order valence-corrected chi connectivity index (χ1v) is 6.66. The molecule has 1 saturated heterocycles. The summed E-state index contributed by atoms with van der Waals surface area (Å²) < 4.78 is 0. The molecule has 0 aromatic heterocycles. The summed E-state index contributed by atoms with van der Waals surface area (Å²) in [6.07, 6.45) is 0. The van der Waals surface area contributed by atoms with E-state index in [0.29, 0.717) is 19.6 Å². The lowest BCUT2D eigenvalue weighted by Crippen LogP contribution is -2.58. The first kappa shape index (κ1) is 14.7. The standard InChI is InChI=1S/C13H16ClN3O3/c1-13(2)8-16(6-5-15-13)12(18)10-4-3-9(14)7-11(10)17(19)20/h3-4,7,15H,5-6,8H2,1-2H3. The molecular weight excluding hydrogens is 282 g/mol. The van der Waals surface area contributed by atoms with E-state index >= 15 is 0 Å². The fourth-order valence-corrected chi connectivity index (χ4v) is 2.49. The topological polar surface area (TPSA) is 75.5 Å². The monoisotopic (exact) mass is 297 g/mol. The molecule has 0 unspecified atom stereocenters. The molecule has 2 rings (SSSR count). The lowest BCUT2D eigenvalue weighted by atomic mass is 10.0. The zero-order valence-corrected chi connectivity index (χ0v) is 12.1. The highest BCUT2D eigenvalue weighted by Crippen LogP contribution is 2.25. The Labute approximate surface area is 121 Å². The van der Waals surface area contributed by atoms with E-state index in [1.165, 1.54) is 18.2 Å². The first-order chi connectivity index (χ1) is 9.30. The summed E-state index contributed by atoms with van der Waals surface area (Å²) >= 11 is 5.76. The van der Waals surface area contributed by atoms with Crippen LogP contribution in [0.1, 0.15) is 24.2 Å². The van der Waals surface area contributed by atoms with Crippen LogP contribution in [0.5, 0.6) is 0 Å². The van der Waals surface area contributed by atoms with Gasteiger partial charge in [-0.3, -0.25) is 14.9 Å². The molecule has 0 spiro atoms. The molecule has 1 N–H and O–H groups in total. The average Bonchev–Trinajstić information content (AvgIpc) is 2.36. The van der Waals surface area contributed by atoms with Gasteiger partial charge in [-0.05, 0) is 26.0 Å². The predicted octanol–water partition coefficient (Wildman–Crippen LogP) is 2.07. The second-order valence-electron chi connectivity index (χ2n) is 5.46. The Balaban J connectivity index is 2.31. The number of rotatable bonds is 2. The normalized spacial score (nSPS) is 17.9. The molecule has 0 bridgehead atoms. The maximum atomic E-state index is 12.5. The van der Waals surface area contributed by atoms with Gasteiger partial charge in [-0.15, -0.1) is 0 Å². The number of nitro benzene ring substituents is 1. The third-order valence-corrected chi connectivity index (χ3v) is 3.48. The Morgan fingerprint density at radius 2 is 2.20 bits per heavy atom. The zero-order valence-electron chi connectivity index (χ0n) is 11.4. The Kier molecular flexibility index (Phi) is 3.96. The van der Waals surface area contributed by atoms with E-state index < -0.39 is 4.92 Å². The third-order valence-electron chi connectivity index (χ3n) is 3.25. The van der Waals surface area contributed by atoms with Crippen LogP contribution >= 0.6 is 11.6 Å². The molecule has 1 amide bonds. The number of piperazine rings is 1. The van der Waals surface area contributed by atoms with Crippen molar-refractivity contribution in [1.29, 1.82) is 0 Å². The van der Waals surface area contributed by atoms with Crippen molar-refractivity contribution in [3.63, 3.8) is 0 Å². The highest BCUT2D eigenvalue weighted by Gasteiger charge is 2.32. The van der Waals surface area contributed by atoms with Gasteiger partial charge in [0.05, 0.1) is 4.92 Å². The Hall–Kier alpha value is -1.66. The Morgan fingerprint density at radius 3 is 2.80 bits per heavy atom. The third kappa shape index (κ3) is 3.08. The van der Waals surface area contributed by atoms with Gasteiger partial charge in [-0.1, -0.05) is 11.6 Å². The molecule has 0 radical (unpaired) electrons. The predicted molar refractivity (Wildman–Crippen MR) is 76.1 cm³/mol. The lowest BCUT2D eigenvalue weighted by molar-refractivity contribution is -0.385. The fourth-order valence-electron chi connectivity index (χ4n) is 2.32. The van der Waals surface area contributed by atoms with Crippen LogP contribution in [0.4, 0.5) is 5.69 Å². The van der Waals surface area contributed by atoms with Crippen molar-refractivity contribution >= 4 is 23.2 Å². The second-order valence-corrected chi connectivity index (χ2v) is 5.89. The molecule has 20 heavy (non-hydrogen) atoms. The molecule has 1 aliphatic rings. The minimum Gasteiger partial charge on any atom is -0.335 e. The van der Waals surface area contributed by atoms with E-state index in [9.17, 15) is 14.9 Å². The maximum Gasteiger partial charge on any atom is 0.283 e. The van der Waals surface area contributed by atoms with Crippen molar-refractivity contribution in [2.45, 2.75) is 19.4 Å². The van der Waals surface area contributed by atoms with Crippen LogP contribution in [0.2, 0.25) is 5.02 Å². The summed E-state index contributed by atoms with van der Waals surface area (Å²) in [6, 6.07) is 4.12. The molecule has 1 heterocycles. The van der Waals surface area contributed by atoms with Gasteiger partial charge in [-0.2, -0.15) is 0 Å². The minimum atomic E-state index is -0.577. The van der Waals surface area contributed by atoms with Gasteiger partial charge in [0.2, 0.25) is 0 Å². The number of carbonyl (C=O) groups excluding carboxylic acids is 1. The molecule has 6 nitrogen and oxygen atoms in total. The van der Waals surface area contributed by atoms with Crippen molar-refractivity contribution in [2.75, 3.05) is 19.6 Å². The molecule has 1 aliphatic heterocycles. The molecule has 0 atom stereocenters. The minimum absolute atomic E-state index is 0.0806. The van der Waals surface area contributed by atoms with Gasteiger partial charge in [0, 0.05) is 36.3 Å². The Morgan fingerprint density at radius 1 is 1.50 bits per heavy atom. The molecule has 108 valence electrons. The zero-order chi connectivity index (χ0) is 14.9. The number of nitro groups is 1. The quantitative estimate of drug-likeness (QED) is 0.670. The largest absolute Gasteiger partial charge is 0.335 e. The summed E-state index contributed by atoms with van der Waals surface area (Å²) in [4.78, 5) is 24.6. The number of halogens is 1. The average molecular weight is 298 g/mol. The van der Waals surface area contributed by atoms with Crippen LogP contribution in [-0.4, -0.2) is 40.9 Å². The first-order valence-electron chi connectivity index (χ1n) is 6.28. The number of nitrogens with one attached hydrogen (secondary N) is 1. The van der Waals surface area contributed by atoms with Crippen LogP contribution in [0.3, 0.4) is 0 Å². The molecule has 1 aromatic carbocycles. The number of hydrogen-bond acceptors (Lipinski definition) is 4. The summed E-state index contributed by atoms with van der Waals surface area (Å²) in [6.45, 7) is 5.68. The van der Waals surface area contributed by atoms with Crippen molar-refractivity contribution in [3.05, 3.63) is 38.9 Å². The number of nitrogens with zero attached hydrogens (tertiary/aromatic N) is 2. The van der Waals surface area contributed by atoms with Gasteiger partial charge in [-0.25, -0.2) is 0 Å². The van der Waals surface area contributed by atoms with E-state index in [1.54, 1.807) is 4.90 Å². The highest BCUT2D eigenvalue weighted by atomic mass is 35.5. The van der Waals surface area contributed by atoms with E-state index in [4.69, 9.17) is 11.6 Å². The summed E-state index contributed by atoms with van der Waals surface area (Å²) in [5.41, 5.74) is -0.370. The van der Waals surface area contributed by atoms with Crippen molar-refractivity contribution in [3.8, 4) is 0 Å². The number of amides is 1. The molecule has 1 aromatic rings. The maximum absolute atomic E-state index is 12.5. The SMILES string of the molecule is CC1(C)CN(C(=O)c2ccc(Cl)cc2[N+](=O)[O-])CCN1. The van der Waals surface area contributed by atoms with Gasteiger partial charge in [0.1, 0.15) is 5.56 Å². The molecule has 0 saturated carbocycles. The van der Waals surface area contributed by atoms with Gasteiger partial charge in [0.25, 0.3) is 11.6 Å². The van der Waals surface area contributed by atoms with Crippen LogP contribution in [0, 0.1) is 10.1 Å². The van der Waals surface area contributed by atoms with E-state index in [2.05, 4.69) is 5.32 Å². The summed E-state index contributed by atoms with van der Waals surface area (Å²) in [7, 11) is 0. The van der Waals surface area contributed by atoms with Gasteiger partial charge in [0.15, 0.2) is 0 Å². The van der Waals surface area contributed by atoms with Gasteiger partial charge < -0.3 is 10.2 Å². The van der Waals surface area contributed by atoms with Crippen LogP contribution in [-0.2, 0) is 0 Å². The van der Waals surface area contributed by atoms with E-state index in [-0.39, 0.29) is 27.7 Å². The second kappa shape index (κ2) is 5.38. The summed E-state index contributed by atoms with van der Waals surface area (Å²) in [5.74, 6) is -0.331. The number of benzene rings is 1. The molecular formula is C13H16ClN3O3. The van der Waals surface area contributed by atoms with Gasteiger partial charge >= 0.3 is 0 Å². The number of hydrogen-bond donors (Lipinski definition) is 1.